The summed E-state index contributed by atoms with van der Waals surface area (Å²) in [7, 11) is 0. The summed E-state index contributed by atoms with van der Waals surface area (Å²) in [5.41, 5.74) is 7.53. The largest absolute Gasteiger partial charge is 0.308 e. The summed E-state index contributed by atoms with van der Waals surface area (Å²) >= 11 is 3.49. The van der Waals surface area contributed by atoms with Crippen LogP contribution in [0.25, 0.3) is 139 Å². The van der Waals surface area contributed by atoms with Gasteiger partial charge in [-0.15, -0.1) is 22.7 Å². The highest BCUT2D eigenvalue weighted by Gasteiger charge is 2.27. The van der Waals surface area contributed by atoms with Crippen molar-refractivity contribution in [1.29, 1.82) is 0 Å². The van der Waals surface area contributed by atoms with Crippen molar-refractivity contribution >= 4 is 139 Å². The maximum atomic E-state index is 8.87. The molecule has 0 fully saturated rings. The van der Waals surface area contributed by atoms with Crippen molar-refractivity contribution in [1.82, 2.24) is 8.80 Å². The number of aromatic nitrogens is 2. The fraction of sp³-hybridized carbons (Fsp3) is 0. The number of hydrogen-bond acceptors (Lipinski definition) is 2. The highest BCUT2D eigenvalue weighted by atomic mass is 32.1. The highest BCUT2D eigenvalue weighted by molar-refractivity contribution is 7.26. The topological polar surface area (TPSA) is 8.82 Å². The van der Waals surface area contributed by atoms with Gasteiger partial charge < -0.3 is 8.80 Å². The van der Waals surface area contributed by atoms with Gasteiger partial charge in [0.2, 0.25) is 0 Å². The second kappa shape index (κ2) is 10.5. The van der Waals surface area contributed by atoms with Gasteiger partial charge in [0.05, 0.1) is 46.8 Å². The van der Waals surface area contributed by atoms with Gasteiger partial charge in [0, 0.05) is 83.4 Å². The molecule has 58 heavy (non-hydrogen) atoms. The molecule has 6 heterocycles. The van der Waals surface area contributed by atoms with E-state index in [1.807, 2.05) is 36.4 Å². The first-order valence-electron chi connectivity index (χ1n) is 24.1. The van der Waals surface area contributed by atoms with Gasteiger partial charge in [0.25, 0.3) is 0 Å². The van der Waals surface area contributed by atoms with E-state index in [4.69, 9.17) is 13.7 Å². The SMILES string of the molecule is [2H]c1c([2H])c([2H])c(-c2ccc3c(c2)c2c4c(cc5c6cc7c(cc6n3c52)c2cc3sc5ccccc5c3c3c5cc(-c6c([2H])c([2H])c([2H])c([2H])c6[2H])ccc5n7c23)sc2ccccc24)c([2H])c1[2H]. The number of hydrogen-bond donors (Lipinski definition) is 0. The lowest BCUT2D eigenvalue weighted by atomic mass is 9.98. The molecule has 0 N–H and O–H groups in total. The van der Waals surface area contributed by atoms with Crippen molar-refractivity contribution in [3.05, 3.63) is 170 Å². The molecule has 0 radical (unpaired) electrons. The van der Waals surface area contributed by atoms with Crippen LogP contribution in [0.15, 0.2) is 170 Å². The first-order valence-corrected chi connectivity index (χ1v) is 20.7. The minimum atomic E-state index is -0.419. The van der Waals surface area contributed by atoms with Crippen LogP contribution < -0.4 is 0 Å². The smallest absolute Gasteiger partial charge is 0.0629 e. The van der Waals surface area contributed by atoms with E-state index in [2.05, 4.69) is 81.6 Å². The minimum absolute atomic E-state index is 0.173. The van der Waals surface area contributed by atoms with E-state index >= 15 is 0 Å². The highest BCUT2D eigenvalue weighted by Crippen LogP contribution is 2.52. The van der Waals surface area contributed by atoms with Crippen LogP contribution >= 0.6 is 22.7 Å². The lowest BCUT2D eigenvalue weighted by molar-refractivity contribution is 1.36. The van der Waals surface area contributed by atoms with Crippen LogP contribution in [-0.4, -0.2) is 8.80 Å². The maximum absolute atomic E-state index is 8.87. The Morgan fingerprint density at radius 2 is 0.776 bits per heavy atom. The van der Waals surface area contributed by atoms with E-state index in [9.17, 15) is 0 Å². The van der Waals surface area contributed by atoms with Gasteiger partial charge in [-0.1, -0.05) is 109 Å². The van der Waals surface area contributed by atoms with E-state index < -0.39 is 12.1 Å². The summed E-state index contributed by atoms with van der Waals surface area (Å²) in [6.07, 6.45) is 0. The molecule has 2 nitrogen and oxygen atoms in total. The molecule has 9 aromatic carbocycles. The lowest BCUT2D eigenvalue weighted by Gasteiger charge is -2.06. The van der Waals surface area contributed by atoms with Crippen LogP contribution in [0.2, 0.25) is 0 Å². The zero-order chi connectivity index (χ0) is 46.1. The van der Waals surface area contributed by atoms with E-state index in [1.54, 1.807) is 22.7 Å². The van der Waals surface area contributed by atoms with Crippen LogP contribution in [0.3, 0.4) is 0 Å². The van der Waals surface area contributed by atoms with Gasteiger partial charge in [-0.25, -0.2) is 0 Å². The van der Waals surface area contributed by atoms with Crippen molar-refractivity contribution in [3.8, 4) is 22.3 Å². The fourth-order valence-electron chi connectivity index (χ4n) is 10.2. The Kier molecular flexibility index (Phi) is 4.10. The molecule has 266 valence electrons. The van der Waals surface area contributed by atoms with Crippen LogP contribution in [0.4, 0.5) is 0 Å². The van der Waals surface area contributed by atoms with Gasteiger partial charge >= 0.3 is 0 Å². The zero-order valence-corrected chi connectivity index (χ0v) is 31.7. The minimum Gasteiger partial charge on any atom is -0.308 e. The molecule has 0 aliphatic heterocycles. The Morgan fingerprint density at radius 1 is 0.328 bits per heavy atom. The molecule has 0 saturated carbocycles. The number of rotatable bonds is 2. The van der Waals surface area contributed by atoms with Gasteiger partial charge in [0.15, 0.2) is 0 Å². The summed E-state index contributed by atoms with van der Waals surface area (Å²) in [5, 5.41) is 12.8. The molecule has 15 aromatic rings. The third-order valence-corrected chi connectivity index (χ3v) is 14.7. The van der Waals surface area contributed by atoms with Crippen LogP contribution in [0.5, 0.6) is 0 Å². The Bertz CT molecular complexity index is 4500. The monoisotopic (exact) mass is 778 g/mol. The molecular formula is C54H28N2S2. The van der Waals surface area contributed by atoms with Gasteiger partial charge in [-0.3, -0.25) is 0 Å². The van der Waals surface area contributed by atoms with Crippen molar-refractivity contribution in [3.63, 3.8) is 0 Å². The van der Waals surface area contributed by atoms with E-state index in [0.717, 1.165) is 117 Å². The number of thiophene rings is 2. The van der Waals surface area contributed by atoms with E-state index in [-0.39, 0.29) is 59.5 Å². The van der Waals surface area contributed by atoms with Gasteiger partial charge in [-0.05, 0) is 82.9 Å². The molecule has 0 spiro atoms. The summed E-state index contributed by atoms with van der Waals surface area (Å²) in [6.45, 7) is 0. The molecule has 15 rings (SSSR count). The molecule has 0 aliphatic rings. The number of benzene rings is 9. The number of nitrogens with zero attached hydrogens (tertiary/aromatic N) is 2. The first kappa shape index (κ1) is 22.7. The third kappa shape index (κ3) is 3.61. The molecule has 0 saturated heterocycles. The van der Waals surface area contributed by atoms with Crippen LogP contribution in [0.1, 0.15) is 13.7 Å². The molecule has 0 unspecified atom stereocenters. The summed E-state index contributed by atoms with van der Waals surface area (Å²) in [6, 6.07) is 34.7. The lowest BCUT2D eigenvalue weighted by Crippen LogP contribution is -1.84. The molecule has 0 aliphatic carbocycles. The molecule has 0 bridgehead atoms. The molecular weight excluding hydrogens is 741 g/mol. The predicted octanol–water partition coefficient (Wildman–Crippen LogP) is 16.1. The average Bonchev–Trinajstić information content (AvgIpc) is 4.19. The third-order valence-electron chi connectivity index (χ3n) is 12.5. The Labute approximate surface area is 352 Å². The normalized spacial score (nSPS) is 15.2. The summed E-state index contributed by atoms with van der Waals surface area (Å²) in [5.74, 6) is 0. The van der Waals surface area contributed by atoms with Crippen molar-refractivity contribution < 1.29 is 13.7 Å². The summed E-state index contributed by atoms with van der Waals surface area (Å²) in [4.78, 5) is 0. The van der Waals surface area contributed by atoms with Crippen molar-refractivity contribution in [2.75, 3.05) is 0 Å². The van der Waals surface area contributed by atoms with Crippen molar-refractivity contribution in [2.24, 2.45) is 0 Å². The maximum Gasteiger partial charge on any atom is 0.0629 e. The standard InChI is InChI=1S/C54H28N2S2/c1-3-11-29(12-4-1)31-19-21-41-39(23-31)51-49-33-15-7-9-17-45(33)57-47(49)27-37-35-26-44-36(25-43(35)55(41)53(37)51)38-28-48-50(34-16-8-10-18-46(34)58-48)52-40-24-32(30-13-5-2-6-14-30)20-22-42(40)56(44)54(38)52/h1-28H/i1D,2D,3D,4D,5D,6D,11D,12D,13D,14D. The Morgan fingerprint density at radius 3 is 1.24 bits per heavy atom. The quantitative estimate of drug-likeness (QED) is 0.165. The van der Waals surface area contributed by atoms with Crippen LogP contribution in [-0.2, 0) is 0 Å². The second-order valence-electron chi connectivity index (χ2n) is 15.3. The number of fused-ring (bicyclic) bond motifs is 20. The fourth-order valence-corrected chi connectivity index (χ4v) is 12.5. The Hall–Kier alpha value is -6.98. The molecule has 6 aromatic heterocycles. The molecule has 0 amide bonds. The van der Waals surface area contributed by atoms with Gasteiger partial charge in [0.1, 0.15) is 0 Å². The van der Waals surface area contributed by atoms with Gasteiger partial charge in [-0.2, -0.15) is 0 Å². The predicted molar refractivity (Wildman–Crippen MR) is 252 cm³/mol. The molecule has 0 atom stereocenters. The Balaban J connectivity index is 1.11. The van der Waals surface area contributed by atoms with Crippen molar-refractivity contribution in [2.45, 2.75) is 0 Å². The van der Waals surface area contributed by atoms with Crippen LogP contribution in [0, 0.1) is 0 Å². The summed E-state index contributed by atoms with van der Waals surface area (Å²) < 4.78 is 95.2. The van der Waals surface area contributed by atoms with E-state index in [0.29, 0.717) is 11.1 Å². The first-order chi connectivity index (χ1) is 32.9. The second-order valence-corrected chi connectivity index (χ2v) is 17.4. The van der Waals surface area contributed by atoms with E-state index in [1.165, 1.54) is 0 Å². The molecule has 4 heteroatoms. The average molecular weight is 779 g/mol. The zero-order valence-electron chi connectivity index (χ0n) is 40.1.